The Morgan fingerprint density at radius 3 is 2.50 bits per heavy atom. The number of carbonyl (C=O) groups excluding carboxylic acids is 1. The van der Waals surface area contributed by atoms with Gasteiger partial charge < -0.3 is 5.11 Å². The van der Waals surface area contributed by atoms with Crippen LogP contribution in [-0.4, -0.2) is 16.1 Å². The van der Waals surface area contributed by atoms with E-state index in [-0.39, 0.29) is 5.78 Å². The number of allylic oxidation sites excluding steroid dienone is 1. The molecule has 1 heterocycles. The fraction of sp³-hybridized carbons (Fsp3) is 0.118. The van der Waals surface area contributed by atoms with Gasteiger partial charge in [0.15, 0.2) is 5.78 Å². The van der Waals surface area contributed by atoms with Crippen LogP contribution in [0.4, 0.5) is 0 Å². The number of benzene rings is 2. The van der Waals surface area contributed by atoms with Gasteiger partial charge in [0.1, 0.15) is 5.25 Å². The normalized spacial score (nSPS) is 21.1. The summed E-state index contributed by atoms with van der Waals surface area (Å²) in [6.45, 7) is 0. The molecule has 0 spiro atoms. The average Bonchev–Trinajstić information content (AvgIpc) is 2.84. The molecule has 2 nitrogen and oxygen atoms in total. The van der Waals surface area contributed by atoms with E-state index >= 15 is 0 Å². The molecular weight excluding hydrogens is 268 g/mol. The van der Waals surface area contributed by atoms with Crippen LogP contribution in [0.5, 0.6) is 0 Å². The van der Waals surface area contributed by atoms with Gasteiger partial charge in [-0.05, 0) is 23.3 Å². The minimum absolute atomic E-state index is 0.0532. The summed E-state index contributed by atoms with van der Waals surface area (Å²) in [5.74, 6) is -0.0532. The van der Waals surface area contributed by atoms with Crippen LogP contribution in [-0.2, 0) is 4.79 Å². The Bertz CT molecular complexity index is 649. The van der Waals surface area contributed by atoms with Crippen LogP contribution >= 0.6 is 11.8 Å². The molecule has 100 valence electrons. The molecule has 1 aliphatic rings. The molecule has 1 N–H and O–H groups in total. The number of hydrogen-bond acceptors (Lipinski definition) is 3. The summed E-state index contributed by atoms with van der Waals surface area (Å²) in [5, 5.41) is 9.80. The lowest BCUT2D eigenvalue weighted by Gasteiger charge is -2.10. The number of aliphatic hydroxyl groups excluding tert-OH is 1. The highest BCUT2D eigenvalue weighted by Crippen LogP contribution is 2.44. The fourth-order valence-electron chi connectivity index (χ4n) is 2.25. The van der Waals surface area contributed by atoms with Crippen molar-refractivity contribution in [1.82, 2.24) is 0 Å². The molecule has 0 aromatic heterocycles. The minimum atomic E-state index is -0.718. The van der Waals surface area contributed by atoms with Gasteiger partial charge in [-0.2, -0.15) is 0 Å². The van der Waals surface area contributed by atoms with Gasteiger partial charge in [0.2, 0.25) is 0 Å². The van der Waals surface area contributed by atoms with Gasteiger partial charge in [0.05, 0.1) is 6.10 Å². The molecule has 0 amide bonds. The van der Waals surface area contributed by atoms with Gasteiger partial charge in [-0.15, -0.1) is 11.8 Å². The molecule has 1 aliphatic heterocycles. The zero-order valence-electron chi connectivity index (χ0n) is 10.8. The maximum absolute atomic E-state index is 12.2. The van der Waals surface area contributed by atoms with Crippen molar-refractivity contribution in [3.8, 4) is 0 Å². The topological polar surface area (TPSA) is 37.3 Å². The summed E-state index contributed by atoms with van der Waals surface area (Å²) in [6.07, 6.45) is 2.63. The molecule has 0 radical (unpaired) electrons. The number of fused-ring (bicyclic) bond motifs is 1. The predicted molar refractivity (Wildman–Crippen MR) is 81.5 cm³/mol. The first kappa shape index (κ1) is 13.2. The van der Waals surface area contributed by atoms with Crippen LogP contribution in [0.1, 0.15) is 17.2 Å². The van der Waals surface area contributed by atoms with Crippen molar-refractivity contribution in [2.45, 2.75) is 16.2 Å². The SMILES string of the molecule is O=C(/C=C/c1ccccc1)C1Sc2ccccc2C1O. The first-order valence-corrected chi connectivity index (χ1v) is 7.34. The molecule has 2 aromatic rings. The van der Waals surface area contributed by atoms with Crippen LogP contribution in [0.25, 0.3) is 6.08 Å². The third-order valence-corrected chi connectivity index (χ3v) is 4.67. The molecule has 0 fully saturated rings. The van der Waals surface area contributed by atoms with E-state index in [9.17, 15) is 9.90 Å². The summed E-state index contributed by atoms with van der Waals surface area (Å²) in [7, 11) is 0. The van der Waals surface area contributed by atoms with Crippen molar-refractivity contribution in [3.05, 3.63) is 71.8 Å². The summed E-state index contributed by atoms with van der Waals surface area (Å²) in [4.78, 5) is 13.2. The van der Waals surface area contributed by atoms with Crippen LogP contribution in [0.15, 0.2) is 65.6 Å². The van der Waals surface area contributed by atoms with E-state index in [1.54, 1.807) is 12.2 Å². The van der Waals surface area contributed by atoms with Crippen molar-refractivity contribution in [1.29, 1.82) is 0 Å². The fourth-order valence-corrected chi connectivity index (χ4v) is 3.47. The van der Waals surface area contributed by atoms with E-state index < -0.39 is 11.4 Å². The molecule has 2 atom stereocenters. The van der Waals surface area contributed by atoms with Gasteiger partial charge in [-0.3, -0.25) is 4.79 Å². The van der Waals surface area contributed by atoms with Crippen LogP contribution in [0, 0.1) is 0 Å². The van der Waals surface area contributed by atoms with Crippen molar-refractivity contribution in [3.63, 3.8) is 0 Å². The second-order valence-corrected chi connectivity index (χ2v) is 5.85. The van der Waals surface area contributed by atoms with E-state index in [1.165, 1.54) is 11.8 Å². The number of hydrogen-bond donors (Lipinski definition) is 1. The largest absolute Gasteiger partial charge is 0.387 e. The number of rotatable bonds is 3. The highest BCUT2D eigenvalue weighted by molar-refractivity contribution is 8.01. The first-order valence-electron chi connectivity index (χ1n) is 6.46. The monoisotopic (exact) mass is 282 g/mol. The lowest BCUT2D eigenvalue weighted by Crippen LogP contribution is -2.19. The molecule has 0 aliphatic carbocycles. The molecule has 0 saturated carbocycles. The van der Waals surface area contributed by atoms with E-state index in [4.69, 9.17) is 0 Å². The Hall–Kier alpha value is -1.84. The van der Waals surface area contributed by atoms with E-state index in [2.05, 4.69) is 0 Å². The Morgan fingerprint density at radius 1 is 1.05 bits per heavy atom. The van der Waals surface area contributed by atoms with Crippen molar-refractivity contribution < 1.29 is 9.90 Å². The van der Waals surface area contributed by atoms with Crippen molar-refractivity contribution in [2.75, 3.05) is 0 Å². The second-order valence-electron chi connectivity index (χ2n) is 4.67. The molecule has 0 bridgehead atoms. The number of carbonyl (C=O) groups is 1. The van der Waals surface area contributed by atoms with Gasteiger partial charge in [-0.25, -0.2) is 0 Å². The summed E-state index contributed by atoms with van der Waals surface area (Å²) >= 11 is 1.44. The molecule has 3 rings (SSSR count). The Morgan fingerprint density at radius 2 is 1.75 bits per heavy atom. The lowest BCUT2D eigenvalue weighted by molar-refractivity contribution is -0.115. The van der Waals surface area contributed by atoms with Gasteiger partial charge in [0.25, 0.3) is 0 Å². The highest BCUT2D eigenvalue weighted by atomic mass is 32.2. The molecule has 2 unspecified atom stereocenters. The van der Waals surface area contributed by atoms with Gasteiger partial charge >= 0.3 is 0 Å². The maximum atomic E-state index is 12.2. The van der Waals surface area contributed by atoms with Crippen LogP contribution in [0.3, 0.4) is 0 Å². The van der Waals surface area contributed by atoms with Gasteiger partial charge in [0, 0.05) is 4.90 Å². The summed E-state index contributed by atoms with van der Waals surface area (Å²) in [6, 6.07) is 17.3. The second kappa shape index (κ2) is 5.65. The van der Waals surface area contributed by atoms with E-state index in [1.807, 2.05) is 54.6 Å². The summed E-state index contributed by atoms with van der Waals surface area (Å²) < 4.78 is 0. The van der Waals surface area contributed by atoms with Crippen molar-refractivity contribution >= 4 is 23.6 Å². The van der Waals surface area contributed by atoms with Crippen LogP contribution < -0.4 is 0 Å². The smallest absolute Gasteiger partial charge is 0.171 e. The zero-order valence-corrected chi connectivity index (χ0v) is 11.6. The van der Waals surface area contributed by atoms with E-state index in [0.717, 1.165) is 16.0 Å². The molecule has 2 aromatic carbocycles. The molecule has 3 heteroatoms. The minimum Gasteiger partial charge on any atom is -0.387 e. The lowest BCUT2D eigenvalue weighted by atomic mass is 10.0. The van der Waals surface area contributed by atoms with Crippen molar-refractivity contribution in [2.24, 2.45) is 0 Å². The Balaban J connectivity index is 1.75. The highest BCUT2D eigenvalue weighted by Gasteiger charge is 2.35. The summed E-state index contributed by atoms with van der Waals surface area (Å²) in [5.41, 5.74) is 1.83. The van der Waals surface area contributed by atoms with Gasteiger partial charge in [-0.1, -0.05) is 54.6 Å². The first-order chi connectivity index (χ1) is 9.75. The van der Waals surface area contributed by atoms with Crippen LogP contribution in [0.2, 0.25) is 0 Å². The standard InChI is InChI=1S/C17H14O2S/c18-14(11-10-12-6-2-1-3-7-12)17-16(19)13-8-4-5-9-15(13)20-17/h1-11,16-17,19H/b11-10+. The predicted octanol–water partition coefficient (Wildman–Crippen LogP) is 3.48. The number of ketones is 1. The Labute approximate surface area is 122 Å². The Kier molecular flexibility index (Phi) is 3.72. The number of thioether (sulfide) groups is 1. The third kappa shape index (κ3) is 2.55. The molecule has 0 saturated heterocycles. The number of aliphatic hydroxyl groups is 1. The van der Waals surface area contributed by atoms with E-state index in [0.29, 0.717) is 0 Å². The quantitative estimate of drug-likeness (QED) is 0.876. The zero-order chi connectivity index (χ0) is 13.9. The molecule has 20 heavy (non-hydrogen) atoms. The third-order valence-electron chi connectivity index (χ3n) is 3.30. The molecular formula is C17H14O2S. The average molecular weight is 282 g/mol. The maximum Gasteiger partial charge on any atom is 0.171 e.